The molecule has 6 heteroatoms. The number of para-hydroxylation sites is 1. The summed E-state index contributed by atoms with van der Waals surface area (Å²) in [5.41, 5.74) is 2.83. The zero-order valence-corrected chi connectivity index (χ0v) is 16.9. The summed E-state index contributed by atoms with van der Waals surface area (Å²) in [4.78, 5) is 13.2. The van der Waals surface area contributed by atoms with Crippen LogP contribution in [0.15, 0.2) is 58.8 Å². The number of non-ortho nitro benzene ring substituents is 1. The lowest BCUT2D eigenvalue weighted by atomic mass is 10.0. The van der Waals surface area contributed by atoms with Gasteiger partial charge in [-0.3, -0.25) is 10.1 Å². The minimum atomic E-state index is -1.30. The Morgan fingerprint density at radius 1 is 1.11 bits per heavy atom. The molecular weight excluding hydrogens is 360 g/mol. The van der Waals surface area contributed by atoms with Crippen molar-refractivity contribution in [2.75, 3.05) is 19.0 Å². The summed E-state index contributed by atoms with van der Waals surface area (Å²) in [6.45, 7) is 2.14. The van der Waals surface area contributed by atoms with Gasteiger partial charge in [-0.15, -0.1) is 0 Å². The molecule has 0 N–H and O–H groups in total. The van der Waals surface area contributed by atoms with Gasteiger partial charge in [0, 0.05) is 31.6 Å². The molecule has 2 rings (SSSR count). The lowest BCUT2D eigenvalue weighted by molar-refractivity contribution is -0.384. The largest absolute Gasteiger partial charge is 0.377 e. The third-order valence-corrected chi connectivity index (χ3v) is 5.59. The van der Waals surface area contributed by atoms with Crippen molar-refractivity contribution in [3.8, 4) is 0 Å². The average molecular weight is 387 g/mol. The van der Waals surface area contributed by atoms with E-state index in [4.69, 9.17) is 0 Å². The number of nitro benzene ring substituents is 1. The summed E-state index contributed by atoms with van der Waals surface area (Å²) in [6.07, 6.45) is 3.97. The first kappa shape index (κ1) is 20.8. The maximum atomic E-state index is 13.1. The normalized spacial score (nSPS) is 12.6. The fraction of sp³-hybridized carbons (Fsp3) is 0.333. The van der Waals surface area contributed by atoms with Crippen molar-refractivity contribution in [2.24, 2.45) is 0 Å². The number of allylic oxidation sites excluding steroid dienone is 1. The van der Waals surface area contributed by atoms with Crippen LogP contribution < -0.4 is 4.90 Å². The smallest absolute Gasteiger partial charge is 0.269 e. The van der Waals surface area contributed by atoms with E-state index in [0.717, 1.165) is 47.4 Å². The summed E-state index contributed by atoms with van der Waals surface area (Å²) in [7, 11) is 2.55. The fourth-order valence-electron chi connectivity index (χ4n) is 2.82. The second kappa shape index (κ2) is 10.0. The number of benzene rings is 2. The number of nitro groups is 1. The third kappa shape index (κ3) is 5.76. The van der Waals surface area contributed by atoms with Gasteiger partial charge in [0.1, 0.15) is 0 Å². The predicted molar refractivity (Wildman–Crippen MR) is 112 cm³/mol. The van der Waals surface area contributed by atoms with E-state index in [0.29, 0.717) is 0 Å². The Kier molecular flexibility index (Phi) is 7.73. The molecule has 1 atom stereocenters. The number of nitrogens with zero attached hydrogens (tertiary/aromatic N) is 2. The van der Waals surface area contributed by atoms with Gasteiger partial charge in [-0.1, -0.05) is 31.9 Å². The molecule has 0 radical (unpaired) electrons. The molecule has 0 amide bonds. The SMILES string of the molecule is CCCCC/C(=C\S(=O)c1ccccc1N(C)C)c1ccc([N+](=O)[O-])cc1. The molecule has 0 aliphatic rings. The molecule has 5 nitrogen and oxygen atoms in total. The van der Waals surface area contributed by atoms with Crippen molar-refractivity contribution in [1.29, 1.82) is 0 Å². The van der Waals surface area contributed by atoms with Gasteiger partial charge < -0.3 is 4.90 Å². The molecule has 27 heavy (non-hydrogen) atoms. The highest BCUT2D eigenvalue weighted by Gasteiger charge is 2.12. The first-order chi connectivity index (χ1) is 12.9. The maximum Gasteiger partial charge on any atom is 0.269 e. The summed E-state index contributed by atoms with van der Waals surface area (Å²) in [5, 5.41) is 12.7. The minimum absolute atomic E-state index is 0.0609. The molecule has 144 valence electrons. The second-order valence-electron chi connectivity index (χ2n) is 6.56. The Morgan fingerprint density at radius 3 is 2.37 bits per heavy atom. The average Bonchev–Trinajstić information content (AvgIpc) is 2.67. The van der Waals surface area contributed by atoms with E-state index in [2.05, 4.69) is 6.92 Å². The Morgan fingerprint density at radius 2 is 1.78 bits per heavy atom. The van der Waals surface area contributed by atoms with E-state index in [1.807, 2.05) is 43.3 Å². The van der Waals surface area contributed by atoms with E-state index in [1.54, 1.807) is 17.5 Å². The molecule has 0 bridgehead atoms. The molecule has 0 saturated heterocycles. The van der Waals surface area contributed by atoms with Crippen molar-refractivity contribution in [3.05, 3.63) is 69.6 Å². The van der Waals surface area contributed by atoms with Crippen molar-refractivity contribution >= 4 is 27.7 Å². The predicted octanol–water partition coefficient (Wildman–Crippen LogP) is 5.39. The van der Waals surface area contributed by atoms with Crippen molar-refractivity contribution in [1.82, 2.24) is 0 Å². The van der Waals surface area contributed by atoms with Gasteiger partial charge in [0.2, 0.25) is 0 Å². The first-order valence-electron chi connectivity index (χ1n) is 9.06. The van der Waals surface area contributed by atoms with Gasteiger partial charge in [-0.05, 0) is 48.2 Å². The molecule has 0 aliphatic heterocycles. The van der Waals surface area contributed by atoms with Crippen molar-refractivity contribution in [2.45, 2.75) is 37.5 Å². The Hall–Kier alpha value is -2.47. The second-order valence-corrected chi connectivity index (χ2v) is 7.83. The van der Waals surface area contributed by atoms with Crippen LogP contribution in [0.4, 0.5) is 11.4 Å². The highest BCUT2D eigenvalue weighted by Crippen LogP contribution is 2.28. The maximum absolute atomic E-state index is 13.1. The van der Waals surface area contributed by atoms with E-state index in [9.17, 15) is 14.3 Å². The molecule has 2 aromatic carbocycles. The zero-order valence-electron chi connectivity index (χ0n) is 16.1. The van der Waals surface area contributed by atoms with E-state index in [1.165, 1.54) is 12.1 Å². The molecule has 0 spiro atoms. The number of unbranched alkanes of at least 4 members (excludes halogenated alkanes) is 2. The van der Waals surface area contributed by atoms with Gasteiger partial charge in [-0.25, -0.2) is 4.21 Å². The minimum Gasteiger partial charge on any atom is -0.377 e. The van der Waals surface area contributed by atoms with Crippen LogP contribution in [0.1, 0.15) is 38.2 Å². The quantitative estimate of drug-likeness (QED) is 0.329. The topological polar surface area (TPSA) is 63.5 Å². The van der Waals surface area contributed by atoms with Crippen LogP contribution in [0.2, 0.25) is 0 Å². The van der Waals surface area contributed by atoms with Crippen LogP contribution in [0.3, 0.4) is 0 Å². The number of rotatable bonds is 9. The van der Waals surface area contributed by atoms with Crippen LogP contribution in [0, 0.1) is 10.1 Å². The van der Waals surface area contributed by atoms with Crippen LogP contribution in [0.5, 0.6) is 0 Å². The van der Waals surface area contributed by atoms with Gasteiger partial charge >= 0.3 is 0 Å². The van der Waals surface area contributed by atoms with Gasteiger partial charge in [0.05, 0.1) is 26.3 Å². The van der Waals surface area contributed by atoms with Gasteiger partial charge in [0.15, 0.2) is 0 Å². The highest BCUT2D eigenvalue weighted by atomic mass is 32.2. The van der Waals surface area contributed by atoms with E-state index in [-0.39, 0.29) is 5.69 Å². The van der Waals surface area contributed by atoms with Crippen molar-refractivity contribution in [3.63, 3.8) is 0 Å². The summed E-state index contributed by atoms with van der Waals surface area (Å²) < 4.78 is 13.1. The van der Waals surface area contributed by atoms with Crippen LogP contribution in [-0.4, -0.2) is 23.2 Å². The monoisotopic (exact) mass is 386 g/mol. The molecular formula is C21H26N2O3S. The Labute approximate surface area is 163 Å². The number of hydrogen-bond acceptors (Lipinski definition) is 4. The lowest BCUT2D eigenvalue weighted by Crippen LogP contribution is -2.11. The molecule has 0 aliphatic carbocycles. The molecule has 2 aromatic rings. The van der Waals surface area contributed by atoms with Crippen LogP contribution >= 0.6 is 0 Å². The van der Waals surface area contributed by atoms with Crippen LogP contribution in [0.25, 0.3) is 5.57 Å². The highest BCUT2D eigenvalue weighted by molar-refractivity contribution is 7.88. The van der Waals surface area contributed by atoms with Gasteiger partial charge in [0.25, 0.3) is 5.69 Å². The first-order valence-corrected chi connectivity index (χ1v) is 10.3. The Bertz CT molecular complexity index is 830. The van der Waals surface area contributed by atoms with Gasteiger partial charge in [-0.2, -0.15) is 0 Å². The molecule has 0 heterocycles. The van der Waals surface area contributed by atoms with Crippen molar-refractivity contribution < 1.29 is 9.13 Å². The van der Waals surface area contributed by atoms with Crippen LogP contribution in [-0.2, 0) is 10.8 Å². The molecule has 1 unspecified atom stereocenters. The molecule has 0 saturated carbocycles. The standard InChI is InChI=1S/C21H26N2O3S/c1-4-5-6-9-18(17-12-14-19(15-13-17)23(24)25)16-27(26)21-11-8-7-10-20(21)22(2)3/h7-8,10-16H,4-6,9H2,1-3H3/b18-16+. The zero-order chi connectivity index (χ0) is 19.8. The van der Waals surface area contributed by atoms with E-state index < -0.39 is 15.7 Å². The fourth-order valence-corrected chi connectivity index (χ4v) is 4.13. The molecule has 0 fully saturated rings. The lowest BCUT2D eigenvalue weighted by Gasteiger charge is -2.16. The van der Waals surface area contributed by atoms with E-state index >= 15 is 0 Å². The third-order valence-electron chi connectivity index (χ3n) is 4.31. The number of anilines is 1. The molecule has 0 aromatic heterocycles. The summed E-state index contributed by atoms with van der Waals surface area (Å²) in [5.74, 6) is 0. The summed E-state index contributed by atoms with van der Waals surface area (Å²) >= 11 is 0. The Balaban J connectivity index is 2.38. The number of hydrogen-bond donors (Lipinski definition) is 0. The summed E-state index contributed by atoms with van der Waals surface area (Å²) in [6, 6.07) is 14.1.